The molecular weight excluding hydrogens is 389 g/mol. The fourth-order valence-corrected chi connectivity index (χ4v) is 2.56. The van der Waals surface area contributed by atoms with Gasteiger partial charge < -0.3 is 14.8 Å². The van der Waals surface area contributed by atoms with Crippen LogP contribution in [0.25, 0.3) is 0 Å². The molecule has 0 bridgehead atoms. The number of esters is 1. The molecule has 0 spiro atoms. The molecule has 0 aromatic heterocycles. The van der Waals surface area contributed by atoms with E-state index in [0.29, 0.717) is 21.5 Å². The summed E-state index contributed by atoms with van der Waals surface area (Å²) in [5.74, 6) is -0.652. The van der Waals surface area contributed by atoms with Crippen molar-refractivity contribution in [1.29, 1.82) is 0 Å². The van der Waals surface area contributed by atoms with Gasteiger partial charge in [0.2, 0.25) is 0 Å². The van der Waals surface area contributed by atoms with Gasteiger partial charge in [0.1, 0.15) is 5.75 Å². The van der Waals surface area contributed by atoms with Crippen molar-refractivity contribution in [2.45, 2.75) is 6.92 Å². The van der Waals surface area contributed by atoms with Crippen molar-refractivity contribution < 1.29 is 19.1 Å². The molecule has 0 aliphatic heterocycles. The highest BCUT2D eigenvalue weighted by Crippen LogP contribution is 2.27. The fourth-order valence-electron chi connectivity index (χ4n) is 1.90. The van der Waals surface area contributed by atoms with Gasteiger partial charge in [0.25, 0.3) is 5.91 Å². The molecule has 0 atom stereocenters. The van der Waals surface area contributed by atoms with Gasteiger partial charge in [-0.15, -0.1) is 0 Å². The smallest absolute Gasteiger partial charge is 0.339 e. The minimum absolute atomic E-state index is 0.169. The molecule has 0 aliphatic rings. The first kappa shape index (κ1) is 19.4. The van der Waals surface area contributed by atoms with Crippen LogP contribution >= 0.6 is 34.8 Å². The Hall–Kier alpha value is -1.95. The number of halogens is 3. The first-order valence-electron chi connectivity index (χ1n) is 7.25. The van der Waals surface area contributed by atoms with Crippen molar-refractivity contribution in [2.75, 3.05) is 18.5 Å². The van der Waals surface area contributed by atoms with Crippen LogP contribution in [-0.4, -0.2) is 25.1 Å². The normalized spacial score (nSPS) is 10.2. The molecule has 8 heteroatoms. The Morgan fingerprint density at radius 2 is 1.80 bits per heavy atom. The second-order valence-corrected chi connectivity index (χ2v) is 6.08. The number of carbonyl (C=O) groups excluding carboxylic acids is 2. The zero-order valence-corrected chi connectivity index (χ0v) is 15.4. The Morgan fingerprint density at radius 1 is 1.04 bits per heavy atom. The Bertz CT molecular complexity index is 795. The van der Waals surface area contributed by atoms with Crippen LogP contribution in [0.15, 0.2) is 36.4 Å². The second kappa shape index (κ2) is 8.94. The van der Waals surface area contributed by atoms with Crippen LogP contribution in [0.5, 0.6) is 5.75 Å². The number of hydrogen-bond donors (Lipinski definition) is 1. The van der Waals surface area contributed by atoms with Crippen molar-refractivity contribution >= 4 is 52.4 Å². The van der Waals surface area contributed by atoms with Gasteiger partial charge in [-0.1, -0.05) is 34.8 Å². The highest BCUT2D eigenvalue weighted by atomic mass is 35.5. The van der Waals surface area contributed by atoms with E-state index in [1.165, 1.54) is 18.2 Å². The number of nitrogens with one attached hydrogen (secondary N) is 1. The van der Waals surface area contributed by atoms with E-state index in [2.05, 4.69) is 5.32 Å². The summed E-state index contributed by atoms with van der Waals surface area (Å²) in [7, 11) is 0. The molecule has 0 aliphatic carbocycles. The minimum atomic E-state index is -0.562. The average Bonchev–Trinajstić information content (AvgIpc) is 2.56. The quantitative estimate of drug-likeness (QED) is 0.702. The third kappa shape index (κ3) is 5.53. The molecule has 0 saturated carbocycles. The number of ether oxygens (including phenoxy) is 2. The number of amides is 1. The van der Waals surface area contributed by atoms with Crippen LogP contribution in [0.2, 0.25) is 15.1 Å². The highest BCUT2D eigenvalue weighted by Gasteiger charge is 2.14. The van der Waals surface area contributed by atoms with Crippen LogP contribution in [0.3, 0.4) is 0 Å². The summed E-state index contributed by atoms with van der Waals surface area (Å²) in [6, 6.07) is 9.19. The predicted molar refractivity (Wildman–Crippen MR) is 98.0 cm³/mol. The molecule has 0 saturated heterocycles. The van der Waals surface area contributed by atoms with Gasteiger partial charge >= 0.3 is 5.97 Å². The highest BCUT2D eigenvalue weighted by molar-refractivity contribution is 6.35. The van der Waals surface area contributed by atoms with Crippen molar-refractivity contribution in [1.82, 2.24) is 0 Å². The lowest BCUT2D eigenvalue weighted by molar-refractivity contribution is -0.118. The van der Waals surface area contributed by atoms with Gasteiger partial charge in [-0.3, -0.25) is 4.79 Å². The fraction of sp³-hybridized carbons (Fsp3) is 0.176. The third-order valence-electron chi connectivity index (χ3n) is 3.00. The van der Waals surface area contributed by atoms with Crippen molar-refractivity contribution in [2.24, 2.45) is 0 Å². The van der Waals surface area contributed by atoms with Crippen LogP contribution in [0, 0.1) is 0 Å². The maximum absolute atomic E-state index is 12.0. The second-order valence-electron chi connectivity index (χ2n) is 4.83. The van der Waals surface area contributed by atoms with Gasteiger partial charge in [0, 0.05) is 10.7 Å². The Morgan fingerprint density at radius 3 is 2.48 bits per heavy atom. The van der Waals surface area contributed by atoms with Gasteiger partial charge in [0.15, 0.2) is 6.61 Å². The Kier molecular flexibility index (Phi) is 6.93. The minimum Gasteiger partial charge on any atom is -0.482 e. The summed E-state index contributed by atoms with van der Waals surface area (Å²) < 4.78 is 10.3. The Balaban J connectivity index is 2.00. The zero-order chi connectivity index (χ0) is 18.4. The SMILES string of the molecule is CCOC(=O)c1cc(NC(=O)COc2ccc(Cl)cc2Cl)ccc1Cl. The van der Waals surface area contributed by atoms with E-state index in [4.69, 9.17) is 44.3 Å². The molecule has 2 aromatic rings. The summed E-state index contributed by atoms with van der Waals surface area (Å²) in [6.07, 6.45) is 0. The topological polar surface area (TPSA) is 64.6 Å². The van der Waals surface area contributed by atoms with Crippen LogP contribution in [-0.2, 0) is 9.53 Å². The molecule has 0 fully saturated rings. The summed E-state index contributed by atoms with van der Waals surface area (Å²) >= 11 is 17.7. The lowest BCUT2D eigenvalue weighted by Gasteiger charge is -2.10. The Labute approximate surface area is 159 Å². The van der Waals surface area contributed by atoms with Gasteiger partial charge in [-0.05, 0) is 43.3 Å². The van der Waals surface area contributed by atoms with Gasteiger partial charge in [-0.2, -0.15) is 0 Å². The zero-order valence-electron chi connectivity index (χ0n) is 13.1. The lowest BCUT2D eigenvalue weighted by Crippen LogP contribution is -2.20. The average molecular weight is 403 g/mol. The first-order chi connectivity index (χ1) is 11.9. The maximum atomic E-state index is 12.0. The number of carbonyl (C=O) groups is 2. The largest absolute Gasteiger partial charge is 0.482 e. The van der Waals surface area contributed by atoms with Crippen molar-refractivity contribution in [3.05, 3.63) is 57.0 Å². The molecule has 1 N–H and O–H groups in total. The van der Waals surface area contributed by atoms with E-state index in [0.717, 1.165) is 0 Å². The molecule has 5 nitrogen and oxygen atoms in total. The molecule has 132 valence electrons. The van der Waals surface area contributed by atoms with Gasteiger partial charge in [-0.25, -0.2) is 4.79 Å². The molecular formula is C17H14Cl3NO4. The van der Waals surface area contributed by atoms with Crippen molar-refractivity contribution in [3.8, 4) is 5.75 Å². The number of rotatable bonds is 6. The third-order valence-corrected chi connectivity index (χ3v) is 3.86. The van der Waals surface area contributed by atoms with Crippen LogP contribution < -0.4 is 10.1 Å². The maximum Gasteiger partial charge on any atom is 0.339 e. The standard InChI is InChI=1S/C17H14Cl3NO4/c1-2-24-17(23)12-8-11(4-5-13(12)19)21-16(22)9-25-15-6-3-10(18)7-14(15)20/h3-8H,2,9H2,1H3,(H,21,22). The van der Waals surface area contributed by atoms with Crippen LogP contribution in [0.4, 0.5) is 5.69 Å². The summed E-state index contributed by atoms with van der Waals surface area (Å²) in [6.45, 7) is 1.65. The molecule has 0 radical (unpaired) electrons. The molecule has 2 aromatic carbocycles. The lowest BCUT2D eigenvalue weighted by atomic mass is 10.2. The molecule has 0 unspecified atom stereocenters. The summed E-state index contributed by atoms with van der Waals surface area (Å²) in [5.41, 5.74) is 0.561. The van der Waals surface area contributed by atoms with Crippen LogP contribution in [0.1, 0.15) is 17.3 Å². The van der Waals surface area contributed by atoms with E-state index < -0.39 is 11.9 Å². The predicted octanol–water partition coefficient (Wildman–Crippen LogP) is 4.84. The first-order valence-corrected chi connectivity index (χ1v) is 8.38. The van der Waals surface area contributed by atoms with E-state index in [1.54, 1.807) is 25.1 Å². The molecule has 0 heterocycles. The van der Waals surface area contributed by atoms with Gasteiger partial charge in [0.05, 0.1) is 22.2 Å². The summed E-state index contributed by atoms with van der Waals surface area (Å²) in [4.78, 5) is 23.8. The number of anilines is 1. The molecule has 2 rings (SSSR count). The molecule has 25 heavy (non-hydrogen) atoms. The summed E-state index contributed by atoms with van der Waals surface area (Å²) in [5, 5.41) is 3.61. The molecule has 1 amide bonds. The van der Waals surface area contributed by atoms with E-state index in [1.807, 2.05) is 0 Å². The number of hydrogen-bond acceptors (Lipinski definition) is 4. The monoisotopic (exact) mass is 401 g/mol. The van der Waals surface area contributed by atoms with E-state index in [9.17, 15) is 9.59 Å². The van der Waals surface area contributed by atoms with Crippen molar-refractivity contribution in [3.63, 3.8) is 0 Å². The van der Waals surface area contributed by atoms with E-state index >= 15 is 0 Å². The van der Waals surface area contributed by atoms with E-state index in [-0.39, 0.29) is 23.8 Å². The number of benzene rings is 2.